The summed E-state index contributed by atoms with van der Waals surface area (Å²) in [5.74, 6) is 1.18. The van der Waals surface area contributed by atoms with Gasteiger partial charge in [0, 0.05) is 18.1 Å². The van der Waals surface area contributed by atoms with Gasteiger partial charge in [-0.25, -0.2) is 8.42 Å². The van der Waals surface area contributed by atoms with Crippen LogP contribution in [0.3, 0.4) is 0 Å². The number of carbonyl (C=O) groups is 1. The van der Waals surface area contributed by atoms with Gasteiger partial charge in [-0.2, -0.15) is 0 Å². The van der Waals surface area contributed by atoms with Crippen molar-refractivity contribution in [2.45, 2.75) is 44.8 Å². The molecule has 1 amide bonds. The van der Waals surface area contributed by atoms with Gasteiger partial charge in [-0.05, 0) is 31.0 Å². The van der Waals surface area contributed by atoms with Gasteiger partial charge in [0.2, 0.25) is 15.9 Å². The number of ether oxygens (including phenoxy) is 3. The van der Waals surface area contributed by atoms with Crippen molar-refractivity contribution in [2.24, 2.45) is 0 Å². The molecule has 0 aliphatic carbocycles. The average Bonchev–Trinajstić information content (AvgIpc) is 2.81. The lowest BCUT2D eigenvalue weighted by molar-refractivity contribution is -0.121. The molecular weight excluding hydrogens is 444 g/mol. The topological polar surface area (TPSA) is 94.2 Å². The molecule has 33 heavy (non-hydrogen) atoms. The molecule has 0 fully saturated rings. The number of methoxy groups -OCH3 is 2. The zero-order chi connectivity index (χ0) is 24.2. The predicted molar refractivity (Wildman–Crippen MR) is 128 cm³/mol. The summed E-state index contributed by atoms with van der Waals surface area (Å²) in [6.45, 7) is 3.77. The molecule has 0 spiro atoms. The molecule has 9 heteroatoms. The second-order valence-corrected chi connectivity index (χ2v) is 10.1. The van der Waals surface area contributed by atoms with Crippen LogP contribution in [0, 0.1) is 0 Å². The summed E-state index contributed by atoms with van der Waals surface area (Å²) in [5, 5.41) is 3.04. The summed E-state index contributed by atoms with van der Waals surface area (Å²) in [6, 6.07) is 12.1. The first kappa shape index (κ1) is 24.7. The zero-order valence-corrected chi connectivity index (χ0v) is 20.6. The van der Waals surface area contributed by atoms with E-state index in [4.69, 9.17) is 14.2 Å². The Morgan fingerprint density at radius 2 is 1.79 bits per heavy atom. The number of benzene rings is 2. The maximum Gasteiger partial charge on any atom is 0.241 e. The van der Waals surface area contributed by atoms with Gasteiger partial charge in [-0.1, -0.05) is 32.0 Å². The molecule has 180 valence electrons. The monoisotopic (exact) mass is 476 g/mol. The fourth-order valence-corrected chi connectivity index (χ4v) is 5.03. The van der Waals surface area contributed by atoms with Gasteiger partial charge < -0.3 is 19.5 Å². The summed E-state index contributed by atoms with van der Waals surface area (Å²) < 4.78 is 43.0. The van der Waals surface area contributed by atoms with Gasteiger partial charge in [0.15, 0.2) is 11.5 Å². The molecule has 1 N–H and O–H groups in total. The van der Waals surface area contributed by atoms with Crippen molar-refractivity contribution in [3.05, 3.63) is 48.0 Å². The number of nitrogens with one attached hydrogen (secondary N) is 1. The lowest BCUT2D eigenvalue weighted by atomic mass is 9.83. The molecule has 1 heterocycles. The summed E-state index contributed by atoms with van der Waals surface area (Å²) >= 11 is 0. The summed E-state index contributed by atoms with van der Waals surface area (Å²) in [4.78, 5) is 13.1. The van der Waals surface area contributed by atoms with Crippen molar-refractivity contribution in [3.8, 4) is 17.2 Å². The molecule has 2 aromatic rings. The number of hydrogen-bond donors (Lipinski definition) is 1. The minimum atomic E-state index is -3.74. The number of hydrogen-bond acceptors (Lipinski definition) is 6. The first-order valence-corrected chi connectivity index (χ1v) is 12.8. The third kappa shape index (κ3) is 5.35. The average molecular weight is 477 g/mol. The number of sulfonamides is 1. The first-order chi connectivity index (χ1) is 15.7. The van der Waals surface area contributed by atoms with Crippen molar-refractivity contribution in [3.63, 3.8) is 0 Å². The third-order valence-corrected chi connectivity index (χ3v) is 7.30. The van der Waals surface area contributed by atoms with Crippen LogP contribution in [-0.2, 0) is 14.8 Å². The molecule has 2 aromatic carbocycles. The highest BCUT2D eigenvalue weighted by molar-refractivity contribution is 7.92. The largest absolute Gasteiger partial charge is 0.493 e. The van der Waals surface area contributed by atoms with Crippen molar-refractivity contribution in [1.29, 1.82) is 0 Å². The summed E-state index contributed by atoms with van der Waals surface area (Å²) in [6.07, 6.45) is 3.27. The molecular formula is C24H32N2O6S. The number of fused-ring (bicyclic) bond motifs is 1. The van der Waals surface area contributed by atoms with E-state index in [1.54, 1.807) is 12.1 Å². The second kappa shape index (κ2) is 9.91. The summed E-state index contributed by atoms with van der Waals surface area (Å²) in [7, 11) is -0.774. The lowest BCUT2D eigenvalue weighted by Crippen LogP contribution is -2.47. The number of nitrogens with zero attached hydrogens (tertiary/aromatic N) is 1. The maximum atomic E-state index is 13.1. The minimum absolute atomic E-state index is 0.283. The van der Waals surface area contributed by atoms with Gasteiger partial charge in [0.05, 0.1) is 32.2 Å². The van der Waals surface area contributed by atoms with Crippen LogP contribution in [0.4, 0.5) is 5.69 Å². The van der Waals surface area contributed by atoms with E-state index in [0.29, 0.717) is 23.6 Å². The van der Waals surface area contributed by atoms with E-state index in [-0.39, 0.29) is 18.2 Å². The van der Waals surface area contributed by atoms with Crippen LogP contribution in [0.25, 0.3) is 0 Å². The van der Waals surface area contributed by atoms with Gasteiger partial charge in [-0.15, -0.1) is 0 Å². The Balaban J connectivity index is 1.87. The molecule has 0 aromatic heterocycles. The lowest BCUT2D eigenvalue weighted by Gasteiger charge is -2.41. The minimum Gasteiger partial charge on any atom is -0.493 e. The molecule has 0 saturated heterocycles. The third-order valence-electron chi connectivity index (χ3n) is 6.16. The zero-order valence-electron chi connectivity index (χ0n) is 19.8. The quantitative estimate of drug-likeness (QED) is 0.594. The molecule has 0 saturated carbocycles. The van der Waals surface area contributed by atoms with E-state index in [0.717, 1.165) is 34.7 Å². The van der Waals surface area contributed by atoms with E-state index in [1.165, 1.54) is 20.3 Å². The Labute approximate surface area is 195 Å². The Morgan fingerprint density at radius 1 is 1.12 bits per heavy atom. The number of carbonyl (C=O) groups excluding carboxylic acids is 1. The van der Waals surface area contributed by atoms with E-state index in [1.807, 2.05) is 24.3 Å². The standard InChI is InChI=1S/C24H32N2O6S/c1-6-24(7-2)15-19(18-10-8-9-11-20(18)32-24)25-23(27)16-26(33(5,28)29)17-12-13-21(30-3)22(14-17)31-4/h8-14,19H,6-7,15-16H2,1-5H3,(H,25,27). The van der Waals surface area contributed by atoms with Crippen molar-refractivity contribution >= 4 is 21.6 Å². The van der Waals surface area contributed by atoms with E-state index < -0.39 is 15.9 Å². The molecule has 8 nitrogen and oxygen atoms in total. The number of para-hydroxylation sites is 1. The van der Waals surface area contributed by atoms with Crippen LogP contribution in [0.2, 0.25) is 0 Å². The highest BCUT2D eigenvalue weighted by Gasteiger charge is 2.39. The van der Waals surface area contributed by atoms with Crippen LogP contribution >= 0.6 is 0 Å². The molecule has 0 radical (unpaired) electrons. The number of amides is 1. The van der Waals surface area contributed by atoms with Crippen LogP contribution < -0.4 is 23.8 Å². The fourth-order valence-electron chi connectivity index (χ4n) is 4.18. The van der Waals surface area contributed by atoms with E-state index in [2.05, 4.69) is 19.2 Å². The number of anilines is 1. The number of rotatable bonds is 9. The molecule has 0 bridgehead atoms. The second-order valence-electron chi connectivity index (χ2n) is 8.16. The predicted octanol–water partition coefficient (Wildman–Crippen LogP) is 3.67. The first-order valence-electron chi connectivity index (χ1n) is 10.9. The van der Waals surface area contributed by atoms with Gasteiger partial charge in [0.25, 0.3) is 0 Å². The van der Waals surface area contributed by atoms with Crippen LogP contribution in [0.5, 0.6) is 17.2 Å². The van der Waals surface area contributed by atoms with Crippen LogP contribution in [-0.4, -0.2) is 46.9 Å². The van der Waals surface area contributed by atoms with Gasteiger partial charge >= 0.3 is 0 Å². The van der Waals surface area contributed by atoms with E-state index in [9.17, 15) is 13.2 Å². The molecule has 1 aliphatic heterocycles. The molecule has 1 atom stereocenters. The van der Waals surface area contributed by atoms with E-state index >= 15 is 0 Å². The Morgan fingerprint density at radius 3 is 2.39 bits per heavy atom. The Bertz CT molecular complexity index is 1100. The summed E-state index contributed by atoms with van der Waals surface area (Å²) in [5.41, 5.74) is 0.821. The Kier molecular flexibility index (Phi) is 7.41. The van der Waals surface area contributed by atoms with Gasteiger partial charge in [-0.3, -0.25) is 9.10 Å². The highest BCUT2D eigenvalue weighted by Crippen LogP contribution is 2.42. The van der Waals surface area contributed by atoms with Crippen molar-refractivity contribution in [1.82, 2.24) is 5.32 Å². The molecule has 1 unspecified atom stereocenters. The molecule has 1 aliphatic rings. The molecule has 3 rings (SSSR count). The normalized spacial score (nSPS) is 16.8. The smallest absolute Gasteiger partial charge is 0.241 e. The fraction of sp³-hybridized carbons (Fsp3) is 0.458. The van der Waals surface area contributed by atoms with Crippen molar-refractivity contribution in [2.75, 3.05) is 31.3 Å². The van der Waals surface area contributed by atoms with Crippen LogP contribution in [0.1, 0.15) is 44.7 Å². The van der Waals surface area contributed by atoms with Crippen LogP contribution in [0.15, 0.2) is 42.5 Å². The van der Waals surface area contributed by atoms with Crippen molar-refractivity contribution < 1.29 is 27.4 Å². The highest BCUT2D eigenvalue weighted by atomic mass is 32.2. The van der Waals surface area contributed by atoms with Gasteiger partial charge in [0.1, 0.15) is 17.9 Å². The maximum absolute atomic E-state index is 13.1. The SMILES string of the molecule is CCC1(CC)CC(NC(=O)CN(c2ccc(OC)c(OC)c2)S(C)(=O)=O)c2ccccc2O1. The Hall–Kier alpha value is -2.94.